The molecular weight excluding hydrogens is 364 g/mol. The van der Waals surface area contributed by atoms with Crippen molar-refractivity contribution in [3.8, 4) is 0 Å². The average Bonchev–Trinajstić information content (AvgIpc) is 2.62. The molecule has 0 aliphatic carbocycles. The molecule has 136 valence electrons. The summed E-state index contributed by atoms with van der Waals surface area (Å²) < 4.78 is 5.11. The van der Waals surface area contributed by atoms with Gasteiger partial charge in [0.05, 0.1) is 16.2 Å². The number of aromatic nitrogens is 1. The molecule has 0 bridgehead atoms. The van der Waals surface area contributed by atoms with Gasteiger partial charge in [-0.15, -0.1) is 0 Å². The van der Waals surface area contributed by atoms with Gasteiger partial charge in [0.2, 0.25) is 0 Å². The van der Waals surface area contributed by atoms with Crippen LogP contribution in [0.3, 0.4) is 0 Å². The highest BCUT2D eigenvalue weighted by Crippen LogP contribution is 2.23. The molecule has 0 fully saturated rings. The number of nitrogens with one attached hydrogen (secondary N) is 2. The molecule has 2 rings (SSSR count). The lowest BCUT2D eigenvalue weighted by Gasteiger charge is -2.15. The highest BCUT2D eigenvalue weighted by molar-refractivity contribution is 6.32. The average molecular weight is 379 g/mol. The SMILES string of the molecule is CNc1ccc([N+](=O)[O-])cc1C(=O)O[C@@H](C)C(=O)Nc1cccnc1Cl. The van der Waals surface area contributed by atoms with Crippen LogP contribution < -0.4 is 10.6 Å². The van der Waals surface area contributed by atoms with Crippen LogP contribution in [0.15, 0.2) is 36.5 Å². The molecule has 0 aliphatic rings. The molecule has 2 aromatic rings. The summed E-state index contributed by atoms with van der Waals surface area (Å²) >= 11 is 5.86. The normalized spacial score (nSPS) is 11.3. The van der Waals surface area contributed by atoms with Gasteiger partial charge in [0, 0.05) is 31.1 Å². The molecular formula is C16H15ClN4O5. The largest absolute Gasteiger partial charge is 0.449 e. The topological polar surface area (TPSA) is 123 Å². The summed E-state index contributed by atoms with van der Waals surface area (Å²) in [6.07, 6.45) is 0.297. The Labute approximate surface area is 153 Å². The second-order valence-corrected chi connectivity index (χ2v) is 5.47. The minimum Gasteiger partial charge on any atom is -0.449 e. The van der Waals surface area contributed by atoms with Crippen LogP contribution in [0, 0.1) is 10.1 Å². The van der Waals surface area contributed by atoms with E-state index in [-0.39, 0.29) is 22.1 Å². The van der Waals surface area contributed by atoms with Gasteiger partial charge < -0.3 is 15.4 Å². The highest BCUT2D eigenvalue weighted by Gasteiger charge is 2.23. The first kappa shape index (κ1) is 19.1. The Morgan fingerprint density at radius 3 is 2.65 bits per heavy atom. The number of nitro groups is 1. The highest BCUT2D eigenvalue weighted by atomic mass is 35.5. The van der Waals surface area contributed by atoms with E-state index in [9.17, 15) is 19.7 Å². The van der Waals surface area contributed by atoms with Crippen LogP contribution in [-0.4, -0.2) is 34.9 Å². The van der Waals surface area contributed by atoms with Gasteiger partial charge in [-0.2, -0.15) is 0 Å². The van der Waals surface area contributed by atoms with Crippen LogP contribution in [0.2, 0.25) is 5.15 Å². The second kappa shape index (κ2) is 8.26. The van der Waals surface area contributed by atoms with Crippen molar-refractivity contribution in [2.24, 2.45) is 0 Å². The molecule has 0 aliphatic heterocycles. The molecule has 1 heterocycles. The molecule has 1 atom stereocenters. The summed E-state index contributed by atoms with van der Waals surface area (Å²) in [6, 6.07) is 6.84. The van der Waals surface area contributed by atoms with Crippen LogP contribution in [0.1, 0.15) is 17.3 Å². The molecule has 2 N–H and O–H groups in total. The van der Waals surface area contributed by atoms with Gasteiger partial charge in [0.1, 0.15) is 0 Å². The van der Waals surface area contributed by atoms with Crippen molar-refractivity contribution < 1.29 is 19.2 Å². The van der Waals surface area contributed by atoms with Gasteiger partial charge in [-0.05, 0) is 25.1 Å². The van der Waals surface area contributed by atoms with Crippen LogP contribution in [0.5, 0.6) is 0 Å². The molecule has 26 heavy (non-hydrogen) atoms. The molecule has 0 saturated carbocycles. The minimum absolute atomic E-state index is 0.0549. The number of esters is 1. The number of non-ortho nitro benzene ring substituents is 1. The Balaban J connectivity index is 2.13. The molecule has 0 saturated heterocycles. The number of nitrogens with zero attached hydrogens (tertiary/aromatic N) is 2. The van der Waals surface area contributed by atoms with Crippen molar-refractivity contribution in [2.75, 3.05) is 17.7 Å². The van der Waals surface area contributed by atoms with Crippen molar-refractivity contribution in [1.82, 2.24) is 4.98 Å². The number of ether oxygens (including phenoxy) is 1. The van der Waals surface area contributed by atoms with E-state index < -0.39 is 22.9 Å². The Hall–Kier alpha value is -3.20. The maximum Gasteiger partial charge on any atom is 0.341 e. The molecule has 1 aromatic heterocycles. The van der Waals surface area contributed by atoms with Crippen molar-refractivity contribution >= 4 is 40.5 Å². The summed E-state index contributed by atoms with van der Waals surface area (Å²) in [5.41, 5.74) is 0.285. The predicted molar refractivity (Wildman–Crippen MR) is 95.4 cm³/mol. The van der Waals surface area contributed by atoms with Crippen LogP contribution >= 0.6 is 11.6 Å². The molecule has 1 amide bonds. The van der Waals surface area contributed by atoms with E-state index in [4.69, 9.17) is 16.3 Å². The van der Waals surface area contributed by atoms with Crippen LogP contribution in [-0.2, 0) is 9.53 Å². The predicted octanol–water partition coefficient (Wildman–Crippen LogP) is 2.87. The summed E-state index contributed by atoms with van der Waals surface area (Å²) in [5, 5.41) is 16.2. The molecule has 0 unspecified atom stereocenters. The number of carbonyl (C=O) groups excluding carboxylic acids is 2. The van der Waals surface area contributed by atoms with E-state index in [2.05, 4.69) is 15.6 Å². The van der Waals surface area contributed by atoms with E-state index in [0.717, 1.165) is 6.07 Å². The number of nitro benzene ring substituents is 1. The van der Waals surface area contributed by atoms with E-state index >= 15 is 0 Å². The lowest BCUT2D eigenvalue weighted by atomic mass is 10.1. The third-order valence-corrected chi connectivity index (χ3v) is 3.67. The lowest BCUT2D eigenvalue weighted by molar-refractivity contribution is -0.384. The number of hydrogen-bond donors (Lipinski definition) is 2. The van der Waals surface area contributed by atoms with E-state index in [1.54, 1.807) is 19.2 Å². The second-order valence-electron chi connectivity index (χ2n) is 5.12. The zero-order chi connectivity index (χ0) is 19.3. The quantitative estimate of drug-likeness (QED) is 0.343. The Morgan fingerprint density at radius 1 is 1.31 bits per heavy atom. The van der Waals surface area contributed by atoms with Gasteiger partial charge in [0.15, 0.2) is 11.3 Å². The number of benzene rings is 1. The summed E-state index contributed by atoms with van der Waals surface area (Å²) in [4.78, 5) is 38.6. The van der Waals surface area contributed by atoms with E-state index in [1.807, 2.05) is 0 Å². The lowest BCUT2D eigenvalue weighted by Crippen LogP contribution is -2.30. The maximum atomic E-state index is 12.3. The van der Waals surface area contributed by atoms with Gasteiger partial charge in [0.25, 0.3) is 11.6 Å². The molecule has 0 radical (unpaired) electrons. The monoisotopic (exact) mass is 378 g/mol. The fourth-order valence-corrected chi connectivity index (χ4v) is 2.19. The fraction of sp³-hybridized carbons (Fsp3) is 0.188. The van der Waals surface area contributed by atoms with Crippen molar-refractivity contribution in [1.29, 1.82) is 0 Å². The summed E-state index contributed by atoms with van der Waals surface area (Å²) in [6.45, 7) is 1.37. The Morgan fingerprint density at radius 2 is 2.04 bits per heavy atom. The van der Waals surface area contributed by atoms with Gasteiger partial charge in [-0.3, -0.25) is 14.9 Å². The number of amides is 1. The Kier molecular flexibility index (Phi) is 6.07. The smallest absolute Gasteiger partial charge is 0.341 e. The molecule has 10 heteroatoms. The number of pyridine rings is 1. The van der Waals surface area contributed by atoms with Crippen molar-refractivity contribution in [3.05, 3.63) is 57.4 Å². The van der Waals surface area contributed by atoms with Crippen LogP contribution in [0.25, 0.3) is 0 Å². The third kappa shape index (κ3) is 4.45. The van der Waals surface area contributed by atoms with Crippen LogP contribution in [0.4, 0.5) is 17.1 Å². The first-order valence-electron chi connectivity index (χ1n) is 7.42. The first-order chi connectivity index (χ1) is 12.3. The van der Waals surface area contributed by atoms with Crippen molar-refractivity contribution in [3.63, 3.8) is 0 Å². The number of halogens is 1. The minimum atomic E-state index is -1.16. The molecule has 9 nitrogen and oxygen atoms in total. The number of hydrogen-bond acceptors (Lipinski definition) is 7. The number of anilines is 2. The standard InChI is InChI=1S/C16H15ClN4O5/c1-9(15(22)20-13-4-3-7-19-14(13)17)26-16(23)11-8-10(21(24)25)5-6-12(11)18-2/h3-9,18H,1-2H3,(H,20,22)/t9-/m0/s1. The third-order valence-electron chi connectivity index (χ3n) is 3.37. The maximum absolute atomic E-state index is 12.3. The van der Waals surface area contributed by atoms with Gasteiger partial charge in [-0.25, -0.2) is 9.78 Å². The Bertz CT molecular complexity index is 858. The zero-order valence-corrected chi connectivity index (χ0v) is 14.6. The zero-order valence-electron chi connectivity index (χ0n) is 13.9. The molecule has 0 spiro atoms. The van der Waals surface area contributed by atoms with Gasteiger partial charge in [-0.1, -0.05) is 11.6 Å². The first-order valence-corrected chi connectivity index (χ1v) is 7.79. The molecule has 1 aromatic carbocycles. The van der Waals surface area contributed by atoms with Crippen molar-refractivity contribution in [2.45, 2.75) is 13.0 Å². The summed E-state index contributed by atoms with van der Waals surface area (Å²) in [7, 11) is 1.55. The van der Waals surface area contributed by atoms with E-state index in [0.29, 0.717) is 5.69 Å². The summed E-state index contributed by atoms with van der Waals surface area (Å²) in [5.74, 6) is -1.50. The number of rotatable bonds is 6. The van der Waals surface area contributed by atoms with E-state index in [1.165, 1.54) is 25.3 Å². The van der Waals surface area contributed by atoms with Gasteiger partial charge >= 0.3 is 5.97 Å². The fourth-order valence-electron chi connectivity index (χ4n) is 2.02. The number of carbonyl (C=O) groups is 2.